The van der Waals surface area contributed by atoms with Gasteiger partial charge in [-0.15, -0.1) is 0 Å². The molecule has 4 heteroatoms. The van der Waals surface area contributed by atoms with Crippen LogP contribution in [0.1, 0.15) is 19.3 Å². The molecular weight excluding hydrogens is 128 g/mol. The van der Waals surface area contributed by atoms with Gasteiger partial charge in [-0.2, -0.15) is 0 Å². The number of rotatable bonds is 1. The predicted octanol–water partition coefficient (Wildman–Crippen LogP) is 1.44. The van der Waals surface area contributed by atoms with E-state index >= 15 is 0 Å². The van der Waals surface area contributed by atoms with Crippen LogP contribution in [0.25, 0.3) is 10.4 Å². The quantitative estimate of drug-likeness (QED) is 0.334. The Kier molecular flexibility index (Phi) is 3.06. The van der Waals surface area contributed by atoms with E-state index in [4.69, 9.17) is 5.53 Å². The minimum Gasteiger partial charge on any atom is -0.316 e. The van der Waals surface area contributed by atoms with Gasteiger partial charge in [-0.3, -0.25) is 0 Å². The highest BCUT2D eigenvalue weighted by atomic mass is 15.2. The van der Waals surface area contributed by atoms with Crippen LogP contribution in [0.5, 0.6) is 0 Å². The Bertz CT molecular complexity index is 131. The van der Waals surface area contributed by atoms with Gasteiger partial charge in [0.05, 0.1) is 0 Å². The molecule has 10 heavy (non-hydrogen) atoms. The SMILES string of the molecule is [N-]=[N+]=NC1CCCCNC1. The lowest BCUT2D eigenvalue weighted by Gasteiger charge is -2.04. The van der Waals surface area contributed by atoms with Gasteiger partial charge < -0.3 is 5.32 Å². The average Bonchev–Trinajstić information content (AvgIpc) is 2.17. The smallest absolute Gasteiger partial charge is 0.0498 e. The Balaban J connectivity index is 2.34. The number of azide groups is 1. The minimum absolute atomic E-state index is 0.187. The van der Waals surface area contributed by atoms with Crippen LogP contribution >= 0.6 is 0 Å². The van der Waals surface area contributed by atoms with Crippen molar-refractivity contribution in [3.63, 3.8) is 0 Å². The molecule has 1 saturated heterocycles. The van der Waals surface area contributed by atoms with E-state index in [0.717, 1.165) is 19.5 Å². The van der Waals surface area contributed by atoms with Crippen molar-refractivity contribution in [2.75, 3.05) is 13.1 Å². The monoisotopic (exact) mass is 140 g/mol. The first-order chi connectivity index (χ1) is 4.93. The van der Waals surface area contributed by atoms with Gasteiger partial charge in [-0.25, -0.2) is 0 Å². The maximum absolute atomic E-state index is 8.14. The Morgan fingerprint density at radius 2 is 2.40 bits per heavy atom. The minimum atomic E-state index is 0.187. The molecule has 0 bridgehead atoms. The van der Waals surface area contributed by atoms with Crippen molar-refractivity contribution >= 4 is 0 Å². The maximum Gasteiger partial charge on any atom is 0.0498 e. The summed E-state index contributed by atoms with van der Waals surface area (Å²) in [7, 11) is 0. The van der Waals surface area contributed by atoms with E-state index in [2.05, 4.69) is 15.3 Å². The molecule has 0 spiro atoms. The largest absolute Gasteiger partial charge is 0.316 e. The van der Waals surface area contributed by atoms with Gasteiger partial charge in [-0.1, -0.05) is 11.5 Å². The van der Waals surface area contributed by atoms with E-state index in [0.29, 0.717) is 0 Å². The molecule has 1 rings (SSSR count). The van der Waals surface area contributed by atoms with E-state index in [1.165, 1.54) is 12.8 Å². The van der Waals surface area contributed by atoms with Gasteiger partial charge >= 0.3 is 0 Å². The van der Waals surface area contributed by atoms with E-state index in [1.54, 1.807) is 0 Å². The summed E-state index contributed by atoms with van der Waals surface area (Å²) in [5.74, 6) is 0. The van der Waals surface area contributed by atoms with Crippen LogP contribution in [0, 0.1) is 0 Å². The number of nitrogens with one attached hydrogen (secondary N) is 1. The zero-order valence-electron chi connectivity index (χ0n) is 5.95. The van der Waals surface area contributed by atoms with Gasteiger partial charge in [0, 0.05) is 17.5 Å². The van der Waals surface area contributed by atoms with Crippen molar-refractivity contribution in [3.8, 4) is 0 Å². The van der Waals surface area contributed by atoms with Crippen molar-refractivity contribution in [3.05, 3.63) is 10.4 Å². The summed E-state index contributed by atoms with van der Waals surface area (Å²) in [6, 6.07) is 0.187. The summed E-state index contributed by atoms with van der Waals surface area (Å²) in [6.07, 6.45) is 3.42. The van der Waals surface area contributed by atoms with Crippen molar-refractivity contribution in [1.29, 1.82) is 0 Å². The lowest BCUT2D eigenvalue weighted by Crippen LogP contribution is -2.22. The molecule has 4 nitrogen and oxygen atoms in total. The van der Waals surface area contributed by atoms with Gasteiger partial charge in [0.2, 0.25) is 0 Å². The van der Waals surface area contributed by atoms with Gasteiger partial charge in [0.25, 0.3) is 0 Å². The van der Waals surface area contributed by atoms with Crippen LogP contribution in [0.15, 0.2) is 5.11 Å². The fourth-order valence-electron chi connectivity index (χ4n) is 1.17. The summed E-state index contributed by atoms with van der Waals surface area (Å²) in [5.41, 5.74) is 8.14. The molecule has 56 valence electrons. The Morgan fingerprint density at radius 1 is 1.50 bits per heavy atom. The maximum atomic E-state index is 8.14. The molecule has 1 unspecified atom stereocenters. The summed E-state index contributed by atoms with van der Waals surface area (Å²) in [4.78, 5) is 2.79. The molecule has 0 radical (unpaired) electrons. The molecule has 0 amide bonds. The topological polar surface area (TPSA) is 60.8 Å². The molecule has 1 heterocycles. The molecule has 0 saturated carbocycles. The third-order valence-electron chi connectivity index (χ3n) is 1.74. The highest BCUT2D eigenvalue weighted by molar-refractivity contribution is 4.73. The Morgan fingerprint density at radius 3 is 3.20 bits per heavy atom. The molecule has 0 aromatic heterocycles. The van der Waals surface area contributed by atoms with Crippen molar-refractivity contribution in [1.82, 2.24) is 5.32 Å². The number of hydrogen-bond acceptors (Lipinski definition) is 2. The molecule has 1 N–H and O–H groups in total. The summed E-state index contributed by atoms with van der Waals surface area (Å²) in [5, 5.41) is 6.88. The normalized spacial score (nSPS) is 26.6. The molecule has 0 aromatic carbocycles. The molecule has 0 aliphatic carbocycles. The first kappa shape index (κ1) is 7.38. The predicted molar refractivity (Wildman–Crippen MR) is 39.7 cm³/mol. The second-order valence-electron chi connectivity index (χ2n) is 2.56. The highest BCUT2D eigenvalue weighted by Gasteiger charge is 2.08. The second-order valence-corrected chi connectivity index (χ2v) is 2.56. The number of hydrogen-bond donors (Lipinski definition) is 1. The van der Waals surface area contributed by atoms with Crippen molar-refractivity contribution in [2.45, 2.75) is 25.3 Å². The third-order valence-corrected chi connectivity index (χ3v) is 1.74. The number of nitrogens with zero attached hydrogens (tertiary/aromatic N) is 3. The standard InChI is InChI=1S/C6H12N4/c7-10-9-6-3-1-2-4-8-5-6/h6,8H,1-5H2. The summed E-state index contributed by atoms with van der Waals surface area (Å²) >= 11 is 0. The lowest BCUT2D eigenvalue weighted by atomic mass is 10.2. The molecule has 1 aliphatic rings. The van der Waals surface area contributed by atoms with Crippen LogP contribution < -0.4 is 5.32 Å². The zero-order chi connectivity index (χ0) is 7.23. The molecular formula is C6H12N4. The highest BCUT2D eigenvalue weighted by Crippen LogP contribution is 2.06. The molecule has 1 aliphatic heterocycles. The summed E-state index contributed by atoms with van der Waals surface area (Å²) in [6.45, 7) is 1.92. The van der Waals surface area contributed by atoms with E-state index < -0.39 is 0 Å². The van der Waals surface area contributed by atoms with Crippen LogP contribution in [0.4, 0.5) is 0 Å². The molecule has 1 atom stereocenters. The van der Waals surface area contributed by atoms with Crippen LogP contribution in [0.3, 0.4) is 0 Å². The third kappa shape index (κ3) is 2.25. The molecule has 1 fully saturated rings. The second kappa shape index (κ2) is 4.14. The first-order valence-electron chi connectivity index (χ1n) is 3.68. The van der Waals surface area contributed by atoms with Gasteiger partial charge in [0.15, 0.2) is 0 Å². The Hall–Kier alpha value is -0.730. The van der Waals surface area contributed by atoms with Crippen LogP contribution in [0.2, 0.25) is 0 Å². The average molecular weight is 140 g/mol. The van der Waals surface area contributed by atoms with E-state index in [9.17, 15) is 0 Å². The van der Waals surface area contributed by atoms with Gasteiger partial charge in [-0.05, 0) is 24.9 Å². The van der Waals surface area contributed by atoms with Crippen LogP contribution in [-0.4, -0.2) is 19.1 Å². The summed E-state index contributed by atoms with van der Waals surface area (Å²) < 4.78 is 0. The van der Waals surface area contributed by atoms with Gasteiger partial charge in [0.1, 0.15) is 0 Å². The Labute approximate surface area is 60.2 Å². The fourth-order valence-corrected chi connectivity index (χ4v) is 1.17. The lowest BCUT2D eigenvalue weighted by molar-refractivity contribution is 0.597. The van der Waals surface area contributed by atoms with Crippen molar-refractivity contribution in [2.24, 2.45) is 5.11 Å². The zero-order valence-corrected chi connectivity index (χ0v) is 5.95. The first-order valence-corrected chi connectivity index (χ1v) is 3.68. The van der Waals surface area contributed by atoms with Crippen LogP contribution in [-0.2, 0) is 0 Å². The molecule has 0 aromatic rings. The van der Waals surface area contributed by atoms with E-state index in [1.807, 2.05) is 0 Å². The van der Waals surface area contributed by atoms with E-state index in [-0.39, 0.29) is 6.04 Å². The van der Waals surface area contributed by atoms with Crippen molar-refractivity contribution < 1.29 is 0 Å². The fraction of sp³-hybridized carbons (Fsp3) is 1.00.